The predicted octanol–water partition coefficient (Wildman–Crippen LogP) is 2.28. The maximum Gasteiger partial charge on any atom is 0.418 e. The number of nitrogens with zero attached hydrogens (tertiary/aromatic N) is 1. The van der Waals surface area contributed by atoms with Crippen LogP contribution in [0.2, 0.25) is 0 Å². The second-order valence-electron chi connectivity index (χ2n) is 3.12. The van der Waals surface area contributed by atoms with Crippen LogP contribution in [0, 0.1) is 0 Å². The van der Waals surface area contributed by atoms with Crippen molar-refractivity contribution in [3.63, 3.8) is 0 Å². The molecule has 84 valence electrons. The number of rotatable bonds is 1. The van der Waals surface area contributed by atoms with Crippen LogP contribution in [-0.2, 0) is 6.18 Å². The molecule has 0 saturated heterocycles. The lowest BCUT2D eigenvalue weighted by molar-refractivity contribution is -0.136. The van der Waals surface area contributed by atoms with Gasteiger partial charge in [0.15, 0.2) is 0 Å². The van der Waals surface area contributed by atoms with E-state index in [4.69, 9.17) is 5.11 Å². The zero-order chi connectivity index (χ0) is 11.9. The number of carboxylic acid groups (broad SMARTS) is 1. The Morgan fingerprint density at radius 1 is 1.38 bits per heavy atom. The Labute approximate surface area is 86.7 Å². The van der Waals surface area contributed by atoms with Gasteiger partial charge in [0.2, 0.25) is 0 Å². The van der Waals surface area contributed by atoms with E-state index in [1.165, 1.54) is 0 Å². The van der Waals surface area contributed by atoms with Gasteiger partial charge in [-0.2, -0.15) is 18.3 Å². The normalized spacial score (nSPS) is 11.9. The Hall–Kier alpha value is -2.05. The molecule has 0 radical (unpaired) electrons. The number of nitrogens with one attached hydrogen (secondary N) is 1. The van der Waals surface area contributed by atoms with Crippen molar-refractivity contribution in [2.75, 3.05) is 0 Å². The average Bonchev–Trinajstić information content (AvgIpc) is 2.61. The van der Waals surface area contributed by atoms with Crippen molar-refractivity contribution in [1.29, 1.82) is 0 Å². The molecular formula is C9H5F3N2O2. The molecule has 0 fully saturated rings. The van der Waals surface area contributed by atoms with E-state index < -0.39 is 17.7 Å². The van der Waals surface area contributed by atoms with Crippen molar-refractivity contribution in [3.8, 4) is 0 Å². The van der Waals surface area contributed by atoms with Crippen LogP contribution in [-0.4, -0.2) is 21.3 Å². The number of fused-ring (bicyclic) bond motifs is 1. The molecule has 0 atom stereocenters. The minimum Gasteiger partial charge on any atom is -0.478 e. The van der Waals surface area contributed by atoms with Crippen LogP contribution >= 0.6 is 0 Å². The maximum atomic E-state index is 12.5. The van der Waals surface area contributed by atoms with E-state index in [2.05, 4.69) is 10.2 Å². The lowest BCUT2D eigenvalue weighted by Gasteiger charge is -2.08. The lowest BCUT2D eigenvalue weighted by Crippen LogP contribution is -2.07. The summed E-state index contributed by atoms with van der Waals surface area (Å²) in [5.41, 5.74) is -1.45. The smallest absolute Gasteiger partial charge is 0.418 e. The summed E-state index contributed by atoms with van der Waals surface area (Å²) in [4.78, 5) is 10.8. The molecule has 0 aliphatic rings. The number of H-pyrrole nitrogens is 1. The number of aromatic carboxylic acids is 1. The van der Waals surface area contributed by atoms with Crippen molar-refractivity contribution >= 4 is 16.9 Å². The Morgan fingerprint density at radius 3 is 2.62 bits per heavy atom. The van der Waals surface area contributed by atoms with Crippen LogP contribution in [0.5, 0.6) is 0 Å². The van der Waals surface area contributed by atoms with E-state index in [1.807, 2.05) is 0 Å². The minimum atomic E-state index is -4.54. The molecule has 0 saturated carbocycles. The summed E-state index contributed by atoms with van der Waals surface area (Å²) in [5.74, 6) is -1.29. The average molecular weight is 230 g/mol. The third-order valence-electron chi connectivity index (χ3n) is 2.15. The first-order valence-electron chi connectivity index (χ1n) is 4.18. The van der Waals surface area contributed by atoms with Crippen molar-refractivity contribution < 1.29 is 23.1 Å². The van der Waals surface area contributed by atoms with Crippen LogP contribution in [0.25, 0.3) is 10.9 Å². The summed E-state index contributed by atoms with van der Waals surface area (Å²) in [6.07, 6.45) is -3.48. The van der Waals surface area contributed by atoms with E-state index in [-0.39, 0.29) is 16.5 Å². The quantitative estimate of drug-likeness (QED) is 0.789. The Morgan fingerprint density at radius 2 is 2.06 bits per heavy atom. The first-order valence-corrected chi connectivity index (χ1v) is 4.18. The number of carboxylic acids is 1. The fourth-order valence-electron chi connectivity index (χ4n) is 1.46. The monoisotopic (exact) mass is 230 g/mol. The van der Waals surface area contributed by atoms with Gasteiger partial charge in [-0.25, -0.2) is 4.79 Å². The van der Waals surface area contributed by atoms with E-state index in [1.54, 1.807) is 0 Å². The topological polar surface area (TPSA) is 66.0 Å². The zero-order valence-electron chi connectivity index (χ0n) is 7.67. The number of halogens is 3. The molecule has 1 heterocycles. The van der Waals surface area contributed by atoms with Gasteiger partial charge in [0.25, 0.3) is 0 Å². The molecule has 0 unspecified atom stereocenters. The zero-order valence-corrected chi connectivity index (χ0v) is 7.67. The van der Waals surface area contributed by atoms with Gasteiger partial charge in [-0.05, 0) is 12.1 Å². The van der Waals surface area contributed by atoms with Crippen molar-refractivity contribution in [2.45, 2.75) is 6.18 Å². The minimum absolute atomic E-state index is 0.0534. The standard InChI is InChI=1S/C9H5F3N2O2/c10-9(11,12)6-2-1-4(8(15)16)5-3-13-14-7(5)6/h1-3H,(H,13,14)(H,15,16). The molecule has 2 N–H and O–H groups in total. The van der Waals surface area contributed by atoms with Crippen molar-refractivity contribution in [1.82, 2.24) is 10.2 Å². The van der Waals surface area contributed by atoms with Crippen molar-refractivity contribution in [3.05, 3.63) is 29.5 Å². The highest BCUT2D eigenvalue weighted by atomic mass is 19.4. The van der Waals surface area contributed by atoms with Gasteiger partial charge in [-0.3, -0.25) is 5.10 Å². The highest BCUT2D eigenvalue weighted by molar-refractivity contribution is 6.03. The van der Waals surface area contributed by atoms with Gasteiger partial charge in [0.05, 0.1) is 22.8 Å². The third kappa shape index (κ3) is 1.50. The number of hydrogen-bond acceptors (Lipinski definition) is 2. The highest BCUT2D eigenvalue weighted by Crippen LogP contribution is 2.34. The summed E-state index contributed by atoms with van der Waals surface area (Å²) in [5, 5.41) is 14.3. The van der Waals surface area contributed by atoms with Crippen molar-refractivity contribution in [2.24, 2.45) is 0 Å². The third-order valence-corrected chi connectivity index (χ3v) is 2.15. The molecule has 2 rings (SSSR count). The number of aromatic amines is 1. The summed E-state index contributed by atoms with van der Waals surface area (Å²) in [6.45, 7) is 0. The van der Waals surface area contributed by atoms with Gasteiger partial charge in [-0.1, -0.05) is 0 Å². The van der Waals surface area contributed by atoms with Gasteiger partial charge >= 0.3 is 12.1 Å². The molecule has 0 aliphatic carbocycles. The number of alkyl halides is 3. The fraction of sp³-hybridized carbons (Fsp3) is 0.111. The van der Waals surface area contributed by atoms with Crippen LogP contribution in [0.3, 0.4) is 0 Å². The molecule has 4 nitrogen and oxygen atoms in total. The molecule has 0 spiro atoms. The predicted molar refractivity (Wildman–Crippen MR) is 48.1 cm³/mol. The van der Waals surface area contributed by atoms with Crippen LogP contribution in [0.1, 0.15) is 15.9 Å². The van der Waals surface area contributed by atoms with Gasteiger partial charge in [-0.15, -0.1) is 0 Å². The van der Waals surface area contributed by atoms with Crippen LogP contribution < -0.4 is 0 Å². The number of hydrogen-bond donors (Lipinski definition) is 2. The Bertz CT molecular complexity index is 559. The summed E-state index contributed by atoms with van der Waals surface area (Å²) in [6, 6.07) is 1.65. The molecule has 1 aromatic heterocycles. The molecule has 0 amide bonds. The fourth-order valence-corrected chi connectivity index (χ4v) is 1.46. The van der Waals surface area contributed by atoms with E-state index in [9.17, 15) is 18.0 Å². The van der Waals surface area contributed by atoms with Gasteiger partial charge < -0.3 is 5.11 Å². The second-order valence-corrected chi connectivity index (χ2v) is 3.12. The number of aromatic nitrogens is 2. The van der Waals surface area contributed by atoms with Gasteiger partial charge in [0, 0.05) is 5.39 Å². The van der Waals surface area contributed by atoms with Crippen LogP contribution in [0.4, 0.5) is 13.2 Å². The molecule has 2 aromatic rings. The first-order chi connectivity index (χ1) is 7.41. The van der Waals surface area contributed by atoms with E-state index in [0.29, 0.717) is 0 Å². The molecule has 16 heavy (non-hydrogen) atoms. The second kappa shape index (κ2) is 3.22. The van der Waals surface area contributed by atoms with Crippen LogP contribution in [0.15, 0.2) is 18.3 Å². The summed E-state index contributed by atoms with van der Waals surface area (Å²) < 4.78 is 37.6. The molecule has 0 aliphatic heterocycles. The Kier molecular flexibility index (Phi) is 2.11. The molecule has 1 aromatic carbocycles. The first kappa shape index (κ1) is 10.5. The summed E-state index contributed by atoms with van der Waals surface area (Å²) >= 11 is 0. The van der Waals surface area contributed by atoms with Gasteiger partial charge in [0.1, 0.15) is 0 Å². The van der Waals surface area contributed by atoms with E-state index in [0.717, 1.165) is 18.3 Å². The summed E-state index contributed by atoms with van der Waals surface area (Å²) in [7, 11) is 0. The SMILES string of the molecule is O=C(O)c1ccc(C(F)(F)F)c2[nH]ncc12. The molecular weight excluding hydrogens is 225 g/mol. The maximum absolute atomic E-state index is 12.5. The Balaban J connectivity index is 2.79. The molecule has 0 bridgehead atoms. The lowest BCUT2D eigenvalue weighted by atomic mass is 10.1. The largest absolute Gasteiger partial charge is 0.478 e. The molecule has 7 heteroatoms. The number of carbonyl (C=O) groups is 1. The number of benzene rings is 1. The highest BCUT2D eigenvalue weighted by Gasteiger charge is 2.34. The van der Waals surface area contributed by atoms with E-state index >= 15 is 0 Å².